The second-order valence-corrected chi connectivity index (χ2v) is 6.27. The van der Waals surface area contributed by atoms with Crippen LogP contribution in [0.5, 0.6) is 0 Å². The third kappa shape index (κ3) is 3.97. The summed E-state index contributed by atoms with van der Waals surface area (Å²) in [4.78, 5) is 36.5. The van der Waals surface area contributed by atoms with Crippen LogP contribution in [-0.2, 0) is 16.0 Å². The highest BCUT2D eigenvalue weighted by molar-refractivity contribution is 7.16. The molecule has 1 aliphatic heterocycles. The Hall–Kier alpha value is -1.74. The lowest BCUT2D eigenvalue weighted by atomic mass is 10.1. The summed E-state index contributed by atoms with van der Waals surface area (Å²) < 4.78 is 0.993. The van der Waals surface area contributed by atoms with Crippen molar-refractivity contribution in [1.82, 2.24) is 4.67 Å². The van der Waals surface area contributed by atoms with Crippen LogP contribution in [0.4, 0.5) is 10.5 Å². The molecule has 2 rings (SSSR count). The average Bonchev–Trinajstić information content (AvgIpc) is 2.77. The van der Waals surface area contributed by atoms with Gasteiger partial charge in [0.2, 0.25) is 0 Å². The van der Waals surface area contributed by atoms with E-state index in [0.29, 0.717) is 12.0 Å². The van der Waals surface area contributed by atoms with Crippen LogP contribution in [0.2, 0.25) is 0 Å². The quantitative estimate of drug-likeness (QED) is 0.317. The number of unbranched alkanes of at least 4 members (excludes halogenated alkanes) is 3. The summed E-state index contributed by atoms with van der Waals surface area (Å²) in [7, 11) is 2.12. The molecule has 23 heavy (non-hydrogen) atoms. The fourth-order valence-corrected chi connectivity index (χ4v) is 3.08. The number of aldehydes is 1. The molecule has 0 bridgehead atoms. The molecule has 3 amide bonds. The second kappa shape index (κ2) is 8.21. The maximum atomic E-state index is 12.2. The first-order chi connectivity index (χ1) is 11.1. The number of hydrogen-bond donors (Lipinski definition) is 0. The Bertz CT molecular complexity index is 574. The summed E-state index contributed by atoms with van der Waals surface area (Å²) in [5, 5.41) is 0. The highest BCUT2D eigenvalue weighted by Crippen LogP contribution is 2.29. The normalized spacial score (nSPS) is 17.9. The molecule has 1 aliphatic rings. The van der Waals surface area contributed by atoms with E-state index in [1.165, 1.54) is 29.7 Å². The van der Waals surface area contributed by atoms with E-state index in [-0.39, 0.29) is 12.3 Å². The molecule has 1 fully saturated rings. The summed E-state index contributed by atoms with van der Waals surface area (Å²) >= 11 is 0. The predicted octanol–water partition coefficient (Wildman–Crippen LogP) is 3.33. The highest BCUT2D eigenvalue weighted by atomic mass is 31.0. The number of carbonyl (C=O) groups excluding carboxylic acids is 3. The van der Waals surface area contributed by atoms with E-state index in [4.69, 9.17) is 0 Å². The topological polar surface area (TPSA) is 57.7 Å². The van der Waals surface area contributed by atoms with Gasteiger partial charge in [-0.25, -0.2) is 9.46 Å². The Morgan fingerprint density at radius 3 is 2.43 bits per heavy atom. The number of carbonyl (C=O) groups is 3. The van der Waals surface area contributed by atoms with Crippen molar-refractivity contribution >= 4 is 33.3 Å². The number of imide groups is 1. The van der Waals surface area contributed by atoms with E-state index in [1.807, 2.05) is 24.3 Å². The van der Waals surface area contributed by atoms with E-state index >= 15 is 0 Å². The summed E-state index contributed by atoms with van der Waals surface area (Å²) in [6.07, 6.45) is 6.54. The van der Waals surface area contributed by atoms with Crippen LogP contribution in [0.3, 0.4) is 0 Å². The monoisotopic (exact) mass is 334 g/mol. The van der Waals surface area contributed by atoms with Crippen molar-refractivity contribution in [3.63, 3.8) is 0 Å². The van der Waals surface area contributed by atoms with Gasteiger partial charge >= 0.3 is 6.03 Å². The molecule has 124 valence electrons. The highest BCUT2D eigenvalue weighted by Gasteiger charge is 2.43. The van der Waals surface area contributed by atoms with Gasteiger partial charge < -0.3 is 4.79 Å². The van der Waals surface area contributed by atoms with Crippen LogP contribution in [-0.4, -0.2) is 28.9 Å². The lowest BCUT2D eigenvalue weighted by Gasteiger charge is -2.20. The van der Waals surface area contributed by atoms with Crippen molar-refractivity contribution in [2.45, 2.75) is 51.5 Å². The maximum Gasteiger partial charge on any atom is 0.334 e. The van der Waals surface area contributed by atoms with Gasteiger partial charge in [0.05, 0.1) is 0 Å². The molecule has 0 saturated carbocycles. The SMILES string of the molecule is CCCCCCc1ccc(N2C(=O)N(P)C(=O)C2CC=O)cc1. The van der Waals surface area contributed by atoms with Gasteiger partial charge in [0.25, 0.3) is 5.91 Å². The van der Waals surface area contributed by atoms with Gasteiger partial charge in [-0.15, -0.1) is 0 Å². The summed E-state index contributed by atoms with van der Waals surface area (Å²) in [5.74, 6) is -0.365. The van der Waals surface area contributed by atoms with Crippen molar-refractivity contribution in [2.75, 3.05) is 4.90 Å². The Kier molecular flexibility index (Phi) is 6.28. The van der Waals surface area contributed by atoms with Gasteiger partial charge in [-0.05, 0) is 39.9 Å². The van der Waals surface area contributed by atoms with Crippen LogP contribution < -0.4 is 4.90 Å². The summed E-state index contributed by atoms with van der Waals surface area (Å²) in [5.41, 5.74) is 1.87. The number of amides is 3. The standard InChI is InChI=1S/C17H23N2O3P/c1-2-3-4-5-6-13-7-9-14(10-8-13)18-15(11-12-20)16(21)19(23)17(18)22/h7-10,12,15H,2-6,11,23H2,1H3. The predicted molar refractivity (Wildman–Crippen MR) is 93.2 cm³/mol. The molecule has 0 radical (unpaired) electrons. The smallest absolute Gasteiger partial charge is 0.303 e. The largest absolute Gasteiger partial charge is 0.334 e. The minimum Gasteiger partial charge on any atom is -0.303 e. The molecule has 6 heteroatoms. The second-order valence-electron chi connectivity index (χ2n) is 5.76. The van der Waals surface area contributed by atoms with Gasteiger partial charge in [-0.2, -0.15) is 0 Å². The fraction of sp³-hybridized carbons (Fsp3) is 0.471. The zero-order valence-electron chi connectivity index (χ0n) is 13.4. The zero-order chi connectivity index (χ0) is 16.8. The number of hydrogen-bond acceptors (Lipinski definition) is 3. The van der Waals surface area contributed by atoms with Gasteiger partial charge in [0, 0.05) is 12.1 Å². The lowest BCUT2D eigenvalue weighted by Crippen LogP contribution is -2.35. The molecule has 1 saturated heterocycles. The fourth-order valence-electron chi connectivity index (χ4n) is 2.78. The summed E-state index contributed by atoms with van der Waals surface area (Å²) in [6.45, 7) is 2.19. The molecule has 5 nitrogen and oxygen atoms in total. The molecule has 1 heterocycles. The Labute approximate surface area is 139 Å². The molecule has 0 aliphatic carbocycles. The van der Waals surface area contributed by atoms with Crippen LogP contribution in [0.1, 0.15) is 44.6 Å². The molecular formula is C17H23N2O3P. The Balaban J connectivity index is 2.09. The minimum atomic E-state index is -0.743. The van der Waals surface area contributed by atoms with Crippen molar-refractivity contribution < 1.29 is 14.4 Å². The first-order valence-electron chi connectivity index (χ1n) is 8.04. The lowest BCUT2D eigenvalue weighted by molar-refractivity contribution is -0.125. The maximum absolute atomic E-state index is 12.2. The van der Waals surface area contributed by atoms with Gasteiger partial charge in [-0.3, -0.25) is 9.69 Å². The third-order valence-corrected chi connectivity index (χ3v) is 4.57. The van der Waals surface area contributed by atoms with Gasteiger partial charge in [0.15, 0.2) is 0 Å². The van der Waals surface area contributed by atoms with Crippen molar-refractivity contribution in [2.24, 2.45) is 0 Å². The summed E-state index contributed by atoms with van der Waals surface area (Å²) in [6, 6.07) is 6.52. The number of rotatable bonds is 8. The van der Waals surface area contributed by atoms with Crippen LogP contribution in [0.25, 0.3) is 0 Å². The molecule has 0 N–H and O–H groups in total. The van der Waals surface area contributed by atoms with Crippen LogP contribution in [0.15, 0.2) is 24.3 Å². The van der Waals surface area contributed by atoms with Crippen molar-refractivity contribution in [3.8, 4) is 0 Å². The molecule has 2 atom stereocenters. The molecule has 2 unspecified atom stereocenters. The first-order valence-corrected chi connectivity index (χ1v) is 8.56. The Morgan fingerprint density at radius 1 is 1.13 bits per heavy atom. The van der Waals surface area contributed by atoms with E-state index in [1.54, 1.807) is 0 Å². The Morgan fingerprint density at radius 2 is 1.83 bits per heavy atom. The number of anilines is 1. The molecule has 0 spiro atoms. The zero-order valence-corrected chi connectivity index (χ0v) is 14.6. The number of nitrogens with zero attached hydrogens (tertiary/aromatic N) is 2. The first kappa shape index (κ1) is 17.6. The van der Waals surface area contributed by atoms with Crippen molar-refractivity contribution in [1.29, 1.82) is 0 Å². The van der Waals surface area contributed by atoms with Gasteiger partial charge in [-0.1, -0.05) is 38.3 Å². The van der Waals surface area contributed by atoms with E-state index < -0.39 is 12.1 Å². The molecular weight excluding hydrogens is 311 g/mol. The van der Waals surface area contributed by atoms with E-state index in [0.717, 1.165) is 17.5 Å². The van der Waals surface area contributed by atoms with E-state index in [9.17, 15) is 14.4 Å². The minimum absolute atomic E-state index is 0.00818. The molecule has 1 aromatic carbocycles. The number of aryl methyl sites for hydroxylation is 1. The van der Waals surface area contributed by atoms with Crippen LogP contribution >= 0.6 is 9.39 Å². The van der Waals surface area contributed by atoms with Crippen LogP contribution in [0, 0.1) is 0 Å². The van der Waals surface area contributed by atoms with Gasteiger partial charge in [0.1, 0.15) is 12.3 Å². The number of benzene rings is 1. The van der Waals surface area contributed by atoms with E-state index in [2.05, 4.69) is 16.3 Å². The third-order valence-electron chi connectivity index (χ3n) is 4.10. The molecule has 0 aromatic heterocycles. The number of urea groups is 1. The molecule has 1 aromatic rings. The van der Waals surface area contributed by atoms with Crippen molar-refractivity contribution in [3.05, 3.63) is 29.8 Å². The average molecular weight is 334 g/mol.